The molecule has 0 aliphatic rings. The maximum absolute atomic E-state index is 13.6. The Labute approximate surface area is 119 Å². The highest BCUT2D eigenvalue weighted by molar-refractivity contribution is 5.40. The third-order valence-electron chi connectivity index (χ3n) is 3.59. The van der Waals surface area contributed by atoms with E-state index in [1.807, 2.05) is 43.3 Å². The Hall–Kier alpha value is -1.71. The molecule has 0 aliphatic heterocycles. The Morgan fingerprint density at radius 3 is 2.30 bits per heavy atom. The second-order valence-corrected chi connectivity index (χ2v) is 4.89. The van der Waals surface area contributed by atoms with E-state index in [-0.39, 0.29) is 5.82 Å². The molecule has 2 nitrogen and oxygen atoms in total. The smallest absolute Gasteiger partial charge is 0.123 e. The first-order valence-electron chi connectivity index (χ1n) is 6.86. The molecule has 0 saturated heterocycles. The van der Waals surface area contributed by atoms with Gasteiger partial charge in [0.2, 0.25) is 0 Å². The van der Waals surface area contributed by atoms with E-state index in [4.69, 9.17) is 0 Å². The van der Waals surface area contributed by atoms with Crippen molar-refractivity contribution in [3.05, 3.63) is 71.5 Å². The van der Waals surface area contributed by atoms with E-state index in [0.29, 0.717) is 6.54 Å². The average molecular weight is 273 g/mol. The molecule has 20 heavy (non-hydrogen) atoms. The Balaban J connectivity index is 2.65. The topological polar surface area (TPSA) is 32.3 Å². The minimum absolute atomic E-state index is 0.304. The lowest BCUT2D eigenvalue weighted by molar-refractivity contribution is 0.0986. The number of halogens is 1. The van der Waals surface area contributed by atoms with Gasteiger partial charge in [0.25, 0.3) is 0 Å². The van der Waals surface area contributed by atoms with Crippen molar-refractivity contribution in [1.82, 2.24) is 5.32 Å². The van der Waals surface area contributed by atoms with Crippen molar-refractivity contribution in [2.45, 2.75) is 25.5 Å². The predicted octanol–water partition coefficient (Wildman–Crippen LogP) is 3.06. The highest BCUT2D eigenvalue weighted by atomic mass is 19.1. The van der Waals surface area contributed by atoms with Gasteiger partial charge in [0.15, 0.2) is 0 Å². The summed E-state index contributed by atoms with van der Waals surface area (Å²) in [6.45, 7) is 4.36. The van der Waals surface area contributed by atoms with Crippen LogP contribution in [0.2, 0.25) is 0 Å². The number of hydrogen-bond donors (Lipinski definition) is 2. The standard InChI is InChI=1S/C17H20FNO/c1-3-19-17(13(2)20,14-8-5-4-6-9-14)15-10-7-11-16(18)12-15/h4-13,19-20H,3H2,1-2H3. The van der Waals surface area contributed by atoms with Crippen LogP contribution in [0.1, 0.15) is 25.0 Å². The van der Waals surface area contributed by atoms with Crippen molar-refractivity contribution in [2.24, 2.45) is 0 Å². The first-order valence-corrected chi connectivity index (χ1v) is 6.86. The minimum atomic E-state index is -0.807. The highest BCUT2D eigenvalue weighted by Gasteiger charge is 2.38. The summed E-state index contributed by atoms with van der Waals surface area (Å²) < 4.78 is 13.6. The van der Waals surface area contributed by atoms with Crippen molar-refractivity contribution < 1.29 is 9.50 Å². The normalized spacial score (nSPS) is 15.6. The van der Waals surface area contributed by atoms with Gasteiger partial charge in [0.1, 0.15) is 5.82 Å². The molecule has 3 heteroatoms. The molecule has 0 aromatic heterocycles. The van der Waals surface area contributed by atoms with E-state index in [1.165, 1.54) is 12.1 Å². The molecule has 0 aliphatic carbocycles. The van der Waals surface area contributed by atoms with Gasteiger partial charge in [-0.25, -0.2) is 4.39 Å². The summed E-state index contributed by atoms with van der Waals surface area (Å²) in [6, 6.07) is 16.0. The molecule has 2 aromatic carbocycles. The van der Waals surface area contributed by atoms with Crippen LogP contribution in [-0.4, -0.2) is 17.8 Å². The van der Waals surface area contributed by atoms with Crippen molar-refractivity contribution in [1.29, 1.82) is 0 Å². The number of aliphatic hydroxyl groups excluding tert-OH is 1. The van der Waals surface area contributed by atoms with Crippen LogP contribution >= 0.6 is 0 Å². The van der Waals surface area contributed by atoms with Gasteiger partial charge in [0, 0.05) is 0 Å². The summed E-state index contributed by atoms with van der Waals surface area (Å²) in [6.07, 6.45) is -0.702. The van der Waals surface area contributed by atoms with Gasteiger partial charge in [-0.1, -0.05) is 49.4 Å². The van der Waals surface area contributed by atoms with E-state index >= 15 is 0 Å². The number of nitrogens with one attached hydrogen (secondary N) is 1. The number of aliphatic hydroxyl groups is 1. The lowest BCUT2D eigenvalue weighted by atomic mass is 9.78. The molecule has 0 fully saturated rings. The molecule has 2 atom stereocenters. The Kier molecular flexibility index (Phi) is 4.53. The zero-order valence-corrected chi connectivity index (χ0v) is 11.8. The predicted molar refractivity (Wildman–Crippen MR) is 79.0 cm³/mol. The fraction of sp³-hybridized carbons (Fsp3) is 0.294. The van der Waals surface area contributed by atoms with Gasteiger partial charge in [-0.15, -0.1) is 0 Å². The number of benzene rings is 2. The van der Waals surface area contributed by atoms with Crippen LogP contribution in [0, 0.1) is 5.82 Å². The molecule has 0 bridgehead atoms. The maximum Gasteiger partial charge on any atom is 0.123 e. The molecule has 2 aromatic rings. The number of likely N-dealkylation sites (N-methyl/N-ethyl adjacent to an activating group) is 1. The van der Waals surface area contributed by atoms with Crippen LogP contribution in [-0.2, 0) is 5.54 Å². The first-order chi connectivity index (χ1) is 9.61. The van der Waals surface area contributed by atoms with Crippen molar-refractivity contribution >= 4 is 0 Å². The summed E-state index contributed by atoms with van der Waals surface area (Å²) in [5.41, 5.74) is 0.834. The van der Waals surface area contributed by atoms with Crippen molar-refractivity contribution in [2.75, 3.05) is 6.54 Å². The number of rotatable bonds is 5. The van der Waals surface area contributed by atoms with Crippen LogP contribution in [0.3, 0.4) is 0 Å². The van der Waals surface area contributed by atoms with Crippen molar-refractivity contribution in [3.8, 4) is 0 Å². The summed E-state index contributed by atoms with van der Waals surface area (Å²) in [4.78, 5) is 0. The van der Waals surface area contributed by atoms with Gasteiger partial charge in [0.05, 0.1) is 11.6 Å². The molecular weight excluding hydrogens is 253 g/mol. The van der Waals surface area contributed by atoms with E-state index in [2.05, 4.69) is 5.32 Å². The summed E-state index contributed by atoms with van der Waals surface area (Å²) >= 11 is 0. The highest BCUT2D eigenvalue weighted by Crippen LogP contribution is 2.33. The van der Waals surface area contributed by atoms with Gasteiger partial charge in [-0.05, 0) is 36.7 Å². The molecule has 2 unspecified atom stereocenters. The van der Waals surface area contributed by atoms with Crippen LogP contribution in [0.25, 0.3) is 0 Å². The van der Waals surface area contributed by atoms with Crippen LogP contribution in [0.5, 0.6) is 0 Å². The Morgan fingerprint density at radius 2 is 1.75 bits per heavy atom. The zero-order chi connectivity index (χ0) is 14.6. The fourth-order valence-corrected chi connectivity index (χ4v) is 2.71. The number of hydrogen-bond acceptors (Lipinski definition) is 2. The Morgan fingerprint density at radius 1 is 1.10 bits per heavy atom. The van der Waals surface area contributed by atoms with Gasteiger partial charge in [-0.2, -0.15) is 0 Å². The largest absolute Gasteiger partial charge is 0.391 e. The second kappa shape index (κ2) is 6.16. The summed E-state index contributed by atoms with van der Waals surface area (Å²) in [7, 11) is 0. The summed E-state index contributed by atoms with van der Waals surface area (Å²) in [5.74, 6) is -0.304. The van der Waals surface area contributed by atoms with Crippen LogP contribution in [0.4, 0.5) is 4.39 Å². The Bertz CT molecular complexity index is 556. The monoisotopic (exact) mass is 273 g/mol. The third-order valence-corrected chi connectivity index (χ3v) is 3.59. The van der Waals surface area contributed by atoms with Gasteiger partial charge in [-0.3, -0.25) is 0 Å². The van der Waals surface area contributed by atoms with Crippen LogP contribution < -0.4 is 5.32 Å². The van der Waals surface area contributed by atoms with E-state index in [0.717, 1.165) is 11.1 Å². The van der Waals surface area contributed by atoms with E-state index in [1.54, 1.807) is 13.0 Å². The lowest BCUT2D eigenvalue weighted by Gasteiger charge is -2.38. The molecule has 0 amide bonds. The minimum Gasteiger partial charge on any atom is -0.391 e. The first kappa shape index (κ1) is 14.7. The van der Waals surface area contributed by atoms with Gasteiger partial charge < -0.3 is 10.4 Å². The molecule has 106 valence electrons. The van der Waals surface area contributed by atoms with E-state index < -0.39 is 11.6 Å². The van der Waals surface area contributed by atoms with E-state index in [9.17, 15) is 9.50 Å². The molecule has 0 saturated carbocycles. The average Bonchev–Trinajstić information content (AvgIpc) is 2.45. The maximum atomic E-state index is 13.6. The van der Waals surface area contributed by atoms with Gasteiger partial charge >= 0.3 is 0 Å². The van der Waals surface area contributed by atoms with Crippen LogP contribution in [0.15, 0.2) is 54.6 Å². The molecule has 2 rings (SSSR count). The molecule has 0 radical (unpaired) electrons. The third kappa shape index (κ3) is 2.60. The lowest BCUT2D eigenvalue weighted by Crippen LogP contribution is -2.51. The molecule has 0 spiro atoms. The van der Waals surface area contributed by atoms with Crippen molar-refractivity contribution in [3.63, 3.8) is 0 Å². The fourth-order valence-electron chi connectivity index (χ4n) is 2.71. The SMILES string of the molecule is CCNC(c1ccccc1)(c1cccc(F)c1)C(C)O. The molecule has 0 heterocycles. The second-order valence-electron chi connectivity index (χ2n) is 4.89. The summed E-state index contributed by atoms with van der Waals surface area (Å²) in [5, 5.41) is 13.7. The molecular formula is C17H20FNO. The quantitative estimate of drug-likeness (QED) is 0.877. The molecule has 2 N–H and O–H groups in total. The zero-order valence-electron chi connectivity index (χ0n) is 11.8.